The monoisotopic (exact) mass is 479 g/mol. The minimum atomic E-state index is -0.369. The first-order chi connectivity index (χ1) is 16.4. The lowest BCUT2D eigenvalue weighted by atomic mass is 9.89. The first kappa shape index (κ1) is 23.2. The van der Waals surface area contributed by atoms with Crippen LogP contribution in [0.25, 0.3) is 0 Å². The van der Waals surface area contributed by atoms with Gasteiger partial charge < -0.3 is 15.0 Å². The van der Waals surface area contributed by atoms with Crippen molar-refractivity contribution < 1.29 is 14.3 Å². The fraction of sp³-hybridized carbons (Fsp3) is 0.519. The van der Waals surface area contributed by atoms with Gasteiger partial charge in [0.25, 0.3) is 0 Å². The van der Waals surface area contributed by atoms with Crippen molar-refractivity contribution in [2.24, 2.45) is 16.8 Å². The van der Waals surface area contributed by atoms with E-state index in [0.717, 1.165) is 45.6 Å². The van der Waals surface area contributed by atoms with Crippen molar-refractivity contribution in [3.05, 3.63) is 57.3 Å². The molecule has 0 saturated heterocycles. The normalized spacial score (nSPS) is 27.5. The molecule has 2 saturated carbocycles. The van der Waals surface area contributed by atoms with Crippen molar-refractivity contribution in [1.29, 1.82) is 0 Å². The molecule has 1 aromatic rings. The van der Waals surface area contributed by atoms with E-state index in [0.29, 0.717) is 24.0 Å². The molecule has 0 radical (unpaired) electrons. The molecule has 2 aliphatic carbocycles. The summed E-state index contributed by atoms with van der Waals surface area (Å²) < 4.78 is 5.23. The number of nitrogens with zero attached hydrogens (tertiary/aromatic N) is 2. The summed E-state index contributed by atoms with van der Waals surface area (Å²) >= 11 is 1.53. The van der Waals surface area contributed by atoms with Gasteiger partial charge in [0.15, 0.2) is 5.17 Å². The minimum absolute atomic E-state index is 0.0512. The Labute approximate surface area is 205 Å². The number of amidine groups is 1. The number of hydrogen-bond acceptors (Lipinski definition) is 6. The van der Waals surface area contributed by atoms with E-state index in [1.54, 1.807) is 0 Å². The molecule has 4 atom stereocenters. The number of carbonyl (C=O) groups excluding carboxylic acids is 2. The number of aryl methyl sites for hydroxylation is 2. The zero-order chi connectivity index (χ0) is 24.0. The molecule has 1 N–H and O–H groups in total. The summed E-state index contributed by atoms with van der Waals surface area (Å²) in [5.74, 6) is 1.10. The van der Waals surface area contributed by atoms with Gasteiger partial charge in [0, 0.05) is 11.7 Å². The van der Waals surface area contributed by atoms with Gasteiger partial charge in [0.1, 0.15) is 0 Å². The first-order valence-corrected chi connectivity index (χ1v) is 13.2. The number of aliphatic imine (C=N–C) groups is 1. The molecule has 5 rings (SSSR count). The Morgan fingerprint density at radius 1 is 1.24 bits per heavy atom. The van der Waals surface area contributed by atoms with Gasteiger partial charge in [0.2, 0.25) is 5.91 Å². The molecule has 0 unspecified atom stereocenters. The molecular formula is C27H33N3O3S. The summed E-state index contributed by atoms with van der Waals surface area (Å²) in [4.78, 5) is 33.1. The largest absolute Gasteiger partial charge is 0.466 e. The van der Waals surface area contributed by atoms with Gasteiger partial charge in [-0.05, 0) is 67.9 Å². The Hall–Kier alpha value is -2.54. The highest BCUT2D eigenvalue weighted by Crippen LogP contribution is 2.47. The van der Waals surface area contributed by atoms with Crippen molar-refractivity contribution in [3.8, 4) is 0 Å². The van der Waals surface area contributed by atoms with Crippen molar-refractivity contribution in [2.45, 2.75) is 71.4 Å². The van der Waals surface area contributed by atoms with Gasteiger partial charge in [-0.2, -0.15) is 0 Å². The fourth-order valence-corrected chi connectivity index (χ4v) is 7.04. The molecule has 2 heterocycles. The fourth-order valence-electron chi connectivity index (χ4n) is 6.10. The number of allylic oxidation sites excluding steroid dienone is 1. The second-order valence-corrected chi connectivity index (χ2v) is 10.8. The maximum atomic E-state index is 13.1. The molecule has 4 aliphatic rings. The second-order valence-electron chi connectivity index (χ2n) is 9.99. The maximum Gasteiger partial charge on any atom is 0.338 e. The SMILES string of the molecule is CCC1=C(C(=O)OC)[C@H](c2cc(C)ccc2C)N2C(CC(=O)N[C@H]3C[C@H]4CC[C@H]3C4)=CSC2=N1. The Morgan fingerprint density at radius 3 is 2.74 bits per heavy atom. The zero-order valence-corrected chi connectivity index (χ0v) is 21.2. The molecule has 34 heavy (non-hydrogen) atoms. The highest BCUT2D eigenvalue weighted by Gasteiger charge is 2.43. The van der Waals surface area contributed by atoms with E-state index < -0.39 is 0 Å². The van der Waals surface area contributed by atoms with Crippen LogP contribution in [0.5, 0.6) is 0 Å². The molecule has 2 bridgehead atoms. The summed E-state index contributed by atoms with van der Waals surface area (Å²) in [7, 11) is 1.42. The van der Waals surface area contributed by atoms with E-state index in [9.17, 15) is 9.59 Å². The maximum absolute atomic E-state index is 13.1. The van der Waals surface area contributed by atoms with Crippen LogP contribution in [0.1, 0.15) is 68.2 Å². The second kappa shape index (κ2) is 9.25. The van der Waals surface area contributed by atoms with Crippen LogP contribution in [0.2, 0.25) is 0 Å². The molecule has 2 fully saturated rings. The van der Waals surface area contributed by atoms with Crippen LogP contribution < -0.4 is 5.32 Å². The number of carbonyl (C=O) groups is 2. The molecule has 6 nitrogen and oxygen atoms in total. The van der Waals surface area contributed by atoms with Gasteiger partial charge in [-0.1, -0.05) is 48.9 Å². The number of fused-ring (bicyclic) bond motifs is 3. The Kier molecular flexibility index (Phi) is 6.32. The standard InChI is InChI=1S/C27H33N3O3S/c1-5-21-24(26(32)33-4)25(20-10-15(2)6-7-16(20)3)30-19(14-34-27(30)29-21)13-23(31)28-22-12-17-8-9-18(22)11-17/h6-7,10,14,17-18,22,25H,5,8-9,11-13H2,1-4H3,(H,28,31)/t17-,18-,22-,25-/m0/s1. The van der Waals surface area contributed by atoms with Crippen LogP contribution in [-0.2, 0) is 14.3 Å². The third-order valence-electron chi connectivity index (χ3n) is 7.78. The number of thioether (sulfide) groups is 1. The minimum Gasteiger partial charge on any atom is -0.466 e. The predicted octanol–water partition coefficient (Wildman–Crippen LogP) is 5.14. The van der Waals surface area contributed by atoms with Gasteiger partial charge in [-0.15, -0.1) is 0 Å². The zero-order valence-electron chi connectivity index (χ0n) is 20.4. The van der Waals surface area contributed by atoms with E-state index >= 15 is 0 Å². The van der Waals surface area contributed by atoms with Crippen molar-refractivity contribution in [1.82, 2.24) is 10.2 Å². The Morgan fingerprint density at radius 2 is 2.06 bits per heavy atom. The molecule has 7 heteroatoms. The lowest BCUT2D eigenvalue weighted by molar-refractivity contribution is -0.136. The van der Waals surface area contributed by atoms with Crippen LogP contribution in [0, 0.1) is 25.7 Å². The van der Waals surface area contributed by atoms with Crippen molar-refractivity contribution in [3.63, 3.8) is 0 Å². The number of hydrogen-bond donors (Lipinski definition) is 1. The van der Waals surface area contributed by atoms with Crippen molar-refractivity contribution in [2.75, 3.05) is 7.11 Å². The van der Waals surface area contributed by atoms with E-state index in [1.165, 1.54) is 38.1 Å². The summed E-state index contributed by atoms with van der Waals surface area (Å²) in [6.45, 7) is 6.13. The van der Waals surface area contributed by atoms with Gasteiger partial charge >= 0.3 is 5.97 Å². The molecular weight excluding hydrogens is 446 g/mol. The lowest BCUT2D eigenvalue weighted by Gasteiger charge is -2.37. The highest BCUT2D eigenvalue weighted by atomic mass is 32.2. The average Bonchev–Trinajstić information content (AvgIpc) is 3.55. The van der Waals surface area contributed by atoms with Crippen LogP contribution in [0.15, 0.2) is 45.6 Å². The summed E-state index contributed by atoms with van der Waals surface area (Å²) in [5, 5.41) is 6.15. The predicted molar refractivity (Wildman–Crippen MR) is 135 cm³/mol. The quantitative estimate of drug-likeness (QED) is 0.573. The Balaban J connectivity index is 1.47. The average molecular weight is 480 g/mol. The number of ether oxygens (including phenoxy) is 1. The number of nitrogens with one attached hydrogen (secondary N) is 1. The number of benzene rings is 1. The number of rotatable bonds is 6. The number of methoxy groups -OCH3 is 1. The van der Waals surface area contributed by atoms with Crippen LogP contribution >= 0.6 is 11.8 Å². The summed E-state index contributed by atoms with van der Waals surface area (Å²) in [6, 6.07) is 6.24. The third kappa shape index (κ3) is 4.08. The topological polar surface area (TPSA) is 71.0 Å². The summed E-state index contributed by atoms with van der Waals surface area (Å²) in [5.41, 5.74) is 5.45. The van der Waals surface area contributed by atoms with Gasteiger partial charge in [0.05, 0.1) is 30.8 Å². The molecule has 1 aromatic carbocycles. The molecule has 1 amide bonds. The van der Waals surface area contributed by atoms with Crippen molar-refractivity contribution >= 4 is 28.8 Å². The van der Waals surface area contributed by atoms with E-state index in [-0.39, 0.29) is 24.3 Å². The molecule has 180 valence electrons. The Bertz CT molecular complexity index is 1120. The van der Waals surface area contributed by atoms with E-state index in [2.05, 4.69) is 42.3 Å². The number of esters is 1. The van der Waals surface area contributed by atoms with E-state index in [4.69, 9.17) is 9.73 Å². The highest BCUT2D eigenvalue weighted by molar-refractivity contribution is 8.16. The third-order valence-corrected chi connectivity index (χ3v) is 8.67. The first-order valence-electron chi connectivity index (χ1n) is 12.3. The van der Waals surface area contributed by atoms with Gasteiger partial charge in [-0.25, -0.2) is 9.79 Å². The summed E-state index contributed by atoms with van der Waals surface area (Å²) in [6.07, 6.45) is 5.82. The van der Waals surface area contributed by atoms with Crippen LogP contribution in [-0.4, -0.2) is 35.1 Å². The van der Waals surface area contributed by atoms with E-state index in [1.807, 2.05) is 12.3 Å². The molecule has 0 aromatic heterocycles. The van der Waals surface area contributed by atoms with Gasteiger partial charge in [-0.3, -0.25) is 4.79 Å². The number of amides is 1. The van der Waals surface area contributed by atoms with Crippen LogP contribution in [0.3, 0.4) is 0 Å². The molecule has 2 aliphatic heterocycles. The smallest absolute Gasteiger partial charge is 0.338 e. The lowest BCUT2D eigenvalue weighted by Crippen LogP contribution is -2.41. The van der Waals surface area contributed by atoms with Crippen LogP contribution in [0.4, 0.5) is 0 Å². The molecule has 0 spiro atoms.